The van der Waals surface area contributed by atoms with E-state index in [4.69, 9.17) is 0 Å². The lowest BCUT2D eigenvalue weighted by Crippen LogP contribution is -2.25. The van der Waals surface area contributed by atoms with Crippen LogP contribution in [-0.4, -0.2) is 4.92 Å². The lowest BCUT2D eigenvalue weighted by molar-refractivity contribution is -0.384. The number of nitro groups is 1. The molecular weight excluding hydrogens is 254 g/mol. The molecule has 0 aliphatic rings. The van der Waals surface area contributed by atoms with Gasteiger partial charge in [-0.05, 0) is 18.4 Å². The third-order valence-electron chi connectivity index (χ3n) is 3.37. The number of allylic oxidation sites excluding steroid dienone is 1. The topological polar surface area (TPSA) is 90.7 Å². The predicted molar refractivity (Wildman–Crippen MR) is 74.6 cm³/mol. The fourth-order valence-corrected chi connectivity index (χ4v) is 2.34. The molecule has 0 aliphatic carbocycles. The highest BCUT2D eigenvalue weighted by atomic mass is 16.6. The van der Waals surface area contributed by atoms with Crippen LogP contribution in [0.15, 0.2) is 36.9 Å². The molecule has 0 fully saturated rings. The second-order valence-corrected chi connectivity index (χ2v) is 4.50. The van der Waals surface area contributed by atoms with Gasteiger partial charge in [-0.15, -0.1) is 6.58 Å². The van der Waals surface area contributed by atoms with Gasteiger partial charge in [-0.2, -0.15) is 10.5 Å². The molecule has 1 unspecified atom stereocenters. The van der Waals surface area contributed by atoms with Crippen molar-refractivity contribution in [1.29, 1.82) is 10.5 Å². The van der Waals surface area contributed by atoms with Gasteiger partial charge in [0.1, 0.15) is 0 Å². The zero-order valence-corrected chi connectivity index (χ0v) is 11.2. The second kappa shape index (κ2) is 6.49. The molecule has 1 atom stereocenters. The fourth-order valence-electron chi connectivity index (χ4n) is 2.34. The third kappa shape index (κ3) is 2.84. The zero-order chi connectivity index (χ0) is 15.2. The molecule has 0 radical (unpaired) electrons. The van der Waals surface area contributed by atoms with E-state index in [-0.39, 0.29) is 18.0 Å². The molecule has 0 N–H and O–H groups in total. The molecule has 0 saturated heterocycles. The van der Waals surface area contributed by atoms with Crippen molar-refractivity contribution in [3.63, 3.8) is 0 Å². The standard InChI is InChI=1S/C15H15N3O2/c1-3-9-15(10-16,11-17)14(4-2)12-5-7-13(8-6-12)18(19)20/h3,5-8,14H,1,4,9H2,2H3. The quantitative estimate of drug-likeness (QED) is 0.447. The number of hydrogen-bond donors (Lipinski definition) is 0. The van der Waals surface area contributed by atoms with Crippen molar-refractivity contribution < 1.29 is 4.92 Å². The lowest BCUT2D eigenvalue weighted by Gasteiger charge is -2.27. The number of hydrogen-bond acceptors (Lipinski definition) is 4. The Bertz CT molecular complexity index is 565. The summed E-state index contributed by atoms with van der Waals surface area (Å²) in [5.74, 6) is -0.309. The Hall–Kier alpha value is -2.66. The van der Waals surface area contributed by atoms with E-state index >= 15 is 0 Å². The number of rotatable bonds is 6. The van der Waals surface area contributed by atoms with Crippen LogP contribution < -0.4 is 0 Å². The Morgan fingerprint density at radius 3 is 2.30 bits per heavy atom. The number of non-ortho nitro benzene ring substituents is 1. The molecule has 0 bridgehead atoms. The molecule has 0 amide bonds. The summed E-state index contributed by atoms with van der Waals surface area (Å²) in [7, 11) is 0. The van der Waals surface area contributed by atoms with E-state index in [1.54, 1.807) is 18.2 Å². The maximum atomic E-state index is 10.7. The van der Waals surface area contributed by atoms with Gasteiger partial charge in [0.05, 0.1) is 17.1 Å². The molecule has 0 heterocycles. The van der Waals surface area contributed by atoms with Crippen molar-refractivity contribution in [2.75, 3.05) is 0 Å². The average molecular weight is 269 g/mol. The van der Waals surface area contributed by atoms with Gasteiger partial charge in [0.25, 0.3) is 5.69 Å². The van der Waals surface area contributed by atoms with Gasteiger partial charge in [0.2, 0.25) is 0 Å². The molecule has 0 spiro atoms. The summed E-state index contributed by atoms with van der Waals surface area (Å²) in [6, 6.07) is 10.2. The lowest BCUT2D eigenvalue weighted by atomic mass is 9.70. The maximum absolute atomic E-state index is 10.7. The van der Waals surface area contributed by atoms with Gasteiger partial charge in [-0.25, -0.2) is 0 Å². The van der Waals surface area contributed by atoms with Crippen LogP contribution in [0.3, 0.4) is 0 Å². The van der Waals surface area contributed by atoms with Crippen LogP contribution in [0, 0.1) is 38.2 Å². The first-order valence-corrected chi connectivity index (χ1v) is 6.22. The molecule has 102 valence electrons. The first-order valence-electron chi connectivity index (χ1n) is 6.22. The maximum Gasteiger partial charge on any atom is 0.269 e. The molecular formula is C15H15N3O2. The van der Waals surface area contributed by atoms with Gasteiger partial charge in [-0.3, -0.25) is 10.1 Å². The van der Waals surface area contributed by atoms with Gasteiger partial charge < -0.3 is 0 Å². The SMILES string of the molecule is C=CCC(C#N)(C#N)C(CC)c1ccc([N+](=O)[O-])cc1. The number of benzene rings is 1. The summed E-state index contributed by atoms with van der Waals surface area (Å²) in [4.78, 5) is 10.2. The Labute approximate surface area is 117 Å². The van der Waals surface area contributed by atoms with E-state index in [1.165, 1.54) is 12.1 Å². The summed E-state index contributed by atoms with van der Waals surface area (Å²) in [5.41, 5.74) is -0.443. The normalized spacial score (nSPS) is 11.9. The number of nitro benzene ring substituents is 1. The zero-order valence-electron chi connectivity index (χ0n) is 11.2. The van der Waals surface area contributed by atoms with E-state index < -0.39 is 10.3 Å². The van der Waals surface area contributed by atoms with E-state index in [9.17, 15) is 20.6 Å². The average Bonchev–Trinajstić information content (AvgIpc) is 2.47. The van der Waals surface area contributed by atoms with Crippen LogP contribution in [0.5, 0.6) is 0 Å². The smallest absolute Gasteiger partial charge is 0.258 e. The van der Waals surface area contributed by atoms with Crippen LogP contribution in [-0.2, 0) is 0 Å². The summed E-state index contributed by atoms with van der Waals surface area (Å²) in [6.07, 6.45) is 2.41. The minimum Gasteiger partial charge on any atom is -0.258 e. The highest BCUT2D eigenvalue weighted by Crippen LogP contribution is 2.41. The summed E-state index contributed by atoms with van der Waals surface area (Å²) < 4.78 is 0. The van der Waals surface area contributed by atoms with E-state index in [2.05, 4.69) is 18.7 Å². The first-order chi connectivity index (χ1) is 9.54. The van der Waals surface area contributed by atoms with Crippen LogP contribution in [0.4, 0.5) is 5.69 Å². The third-order valence-corrected chi connectivity index (χ3v) is 3.37. The van der Waals surface area contributed by atoms with E-state index in [1.807, 2.05) is 6.92 Å². The van der Waals surface area contributed by atoms with Gasteiger partial charge in [0.15, 0.2) is 5.41 Å². The van der Waals surface area contributed by atoms with Crippen LogP contribution in [0.1, 0.15) is 31.2 Å². The summed E-state index contributed by atoms with van der Waals surface area (Å²) in [5, 5.41) is 29.4. The molecule has 0 saturated carbocycles. The second-order valence-electron chi connectivity index (χ2n) is 4.50. The molecule has 0 aromatic heterocycles. The van der Waals surface area contributed by atoms with Crippen molar-refractivity contribution in [1.82, 2.24) is 0 Å². The summed E-state index contributed by atoms with van der Waals surface area (Å²) >= 11 is 0. The van der Waals surface area contributed by atoms with Crippen LogP contribution in [0.2, 0.25) is 0 Å². The molecule has 20 heavy (non-hydrogen) atoms. The van der Waals surface area contributed by atoms with E-state index in [0.29, 0.717) is 6.42 Å². The van der Waals surface area contributed by atoms with Crippen molar-refractivity contribution in [3.05, 3.63) is 52.6 Å². The Kier molecular flexibility index (Phi) is 5.00. The Morgan fingerprint density at radius 2 is 1.95 bits per heavy atom. The van der Waals surface area contributed by atoms with E-state index in [0.717, 1.165) is 5.56 Å². The van der Waals surface area contributed by atoms with Crippen molar-refractivity contribution in [3.8, 4) is 12.1 Å². The van der Waals surface area contributed by atoms with Gasteiger partial charge >= 0.3 is 0 Å². The largest absolute Gasteiger partial charge is 0.269 e. The Morgan fingerprint density at radius 1 is 1.40 bits per heavy atom. The van der Waals surface area contributed by atoms with Gasteiger partial charge in [-0.1, -0.05) is 25.1 Å². The Balaban J connectivity index is 3.24. The first kappa shape index (κ1) is 15.4. The van der Waals surface area contributed by atoms with Gasteiger partial charge in [0, 0.05) is 18.1 Å². The van der Waals surface area contributed by atoms with Crippen molar-refractivity contribution in [2.24, 2.45) is 5.41 Å². The minimum atomic E-state index is -1.19. The predicted octanol–water partition coefficient (Wildman–Crippen LogP) is 3.70. The highest BCUT2D eigenvalue weighted by Gasteiger charge is 2.38. The van der Waals surface area contributed by atoms with Crippen molar-refractivity contribution >= 4 is 5.69 Å². The minimum absolute atomic E-state index is 0.00756. The molecule has 5 nitrogen and oxygen atoms in total. The summed E-state index contributed by atoms with van der Waals surface area (Å²) in [6.45, 7) is 5.49. The molecule has 5 heteroatoms. The highest BCUT2D eigenvalue weighted by molar-refractivity contribution is 5.38. The molecule has 1 rings (SSSR count). The molecule has 1 aromatic rings. The fraction of sp³-hybridized carbons (Fsp3) is 0.333. The number of nitrogens with zero attached hydrogens (tertiary/aromatic N) is 3. The van der Waals surface area contributed by atoms with Crippen LogP contribution in [0.25, 0.3) is 0 Å². The number of nitriles is 2. The van der Waals surface area contributed by atoms with Crippen LogP contribution >= 0.6 is 0 Å². The monoisotopic (exact) mass is 269 g/mol. The van der Waals surface area contributed by atoms with Crippen molar-refractivity contribution in [2.45, 2.75) is 25.7 Å². The molecule has 0 aliphatic heterocycles. The molecule has 1 aromatic carbocycles.